The number of nitriles is 1. The van der Waals surface area contributed by atoms with Crippen molar-refractivity contribution in [2.75, 3.05) is 6.79 Å². The number of fused-ring (bicyclic) bond motifs is 3. The second kappa shape index (κ2) is 5.24. The third kappa shape index (κ3) is 1.93. The van der Waals surface area contributed by atoms with E-state index >= 15 is 0 Å². The van der Waals surface area contributed by atoms with Gasteiger partial charge in [0.15, 0.2) is 23.1 Å². The van der Waals surface area contributed by atoms with Crippen molar-refractivity contribution < 1.29 is 19.1 Å². The summed E-state index contributed by atoms with van der Waals surface area (Å²) in [6, 6.07) is 8.09. The highest BCUT2D eigenvalue weighted by atomic mass is 33.1. The molecule has 6 rings (SSSR count). The second-order valence-corrected chi connectivity index (χ2v) is 11.3. The molecule has 2 aliphatic carbocycles. The summed E-state index contributed by atoms with van der Waals surface area (Å²) in [7, 11) is 3.05. The van der Waals surface area contributed by atoms with Crippen LogP contribution >= 0.6 is 21.6 Å². The maximum Gasteiger partial charge on any atom is 0.231 e. The van der Waals surface area contributed by atoms with E-state index < -0.39 is 20.8 Å². The zero-order valence-electron chi connectivity index (χ0n) is 15.3. The predicted molar refractivity (Wildman–Crippen MR) is 103 cm³/mol. The normalized spacial score (nSPS) is 44.3. The van der Waals surface area contributed by atoms with Gasteiger partial charge in [0.1, 0.15) is 0 Å². The van der Waals surface area contributed by atoms with Gasteiger partial charge in [-0.25, -0.2) is 0 Å². The molecule has 7 heteroatoms. The van der Waals surface area contributed by atoms with Crippen LogP contribution in [-0.4, -0.2) is 27.9 Å². The van der Waals surface area contributed by atoms with E-state index in [1.165, 1.54) is 21.6 Å². The van der Waals surface area contributed by atoms with Crippen LogP contribution in [0.3, 0.4) is 0 Å². The van der Waals surface area contributed by atoms with Crippen LogP contribution in [0.15, 0.2) is 18.2 Å². The summed E-state index contributed by atoms with van der Waals surface area (Å²) in [5, 5.41) is 10.1. The molecule has 0 radical (unpaired) electrons. The van der Waals surface area contributed by atoms with Gasteiger partial charge in [-0.15, -0.1) is 0 Å². The molecular formula is C20H19NO4S2. The van der Waals surface area contributed by atoms with Crippen LogP contribution in [0, 0.1) is 28.6 Å². The van der Waals surface area contributed by atoms with E-state index in [1.54, 1.807) is 0 Å². The Morgan fingerprint density at radius 3 is 2.59 bits per heavy atom. The predicted octanol–water partition coefficient (Wildman–Crippen LogP) is 3.73. The summed E-state index contributed by atoms with van der Waals surface area (Å²) in [4.78, 5) is 27.0. The quantitative estimate of drug-likeness (QED) is 0.664. The van der Waals surface area contributed by atoms with Crippen LogP contribution in [-0.2, 0) is 9.59 Å². The molecule has 1 spiro atoms. The standard InChI is InChI=1S/C20H19NO4S2/c1-10-16(22)20-7-18(2,8-21)14(15(20)17(23)19(10,3)26-27-20)11-4-5-12-13(6-11)25-9-24-12/h4-6,10,14-15H,7,9H2,1-3H3/t10?,14-,15?,18-,19+,20-/m0/s1. The molecule has 0 aromatic heterocycles. The summed E-state index contributed by atoms with van der Waals surface area (Å²) >= 11 is 0. The number of ether oxygens (including phenoxy) is 2. The lowest BCUT2D eigenvalue weighted by Crippen LogP contribution is -2.65. The summed E-state index contributed by atoms with van der Waals surface area (Å²) in [6.07, 6.45) is 0.406. The van der Waals surface area contributed by atoms with Crippen molar-refractivity contribution in [3.05, 3.63) is 23.8 Å². The first kappa shape index (κ1) is 17.4. The molecule has 2 saturated carbocycles. The summed E-state index contributed by atoms with van der Waals surface area (Å²) in [6.45, 7) is 5.81. The lowest BCUT2D eigenvalue weighted by molar-refractivity contribution is -0.141. The van der Waals surface area contributed by atoms with E-state index in [4.69, 9.17) is 9.47 Å². The molecule has 27 heavy (non-hydrogen) atoms. The van der Waals surface area contributed by atoms with E-state index in [0.717, 1.165) is 5.56 Å². The van der Waals surface area contributed by atoms with E-state index in [-0.39, 0.29) is 30.2 Å². The van der Waals surface area contributed by atoms with Crippen molar-refractivity contribution in [2.45, 2.75) is 42.6 Å². The van der Waals surface area contributed by atoms with E-state index in [0.29, 0.717) is 17.9 Å². The Kier molecular flexibility index (Phi) is 3.38. The van der Waals surface area contributed by atoms with Gasteiger partial charge >= 0.3 is 0 Å². The summed E-state index contributed by atoms with van der Waals surface area (Å²) < 4.78 is 9.37. The molecule has 4 fully saturated rings. The number of carbonyl (C=O) groups excluding carboxylic acids is 2. The van der Waals surface area contributed by atoms with Gasteiger partial charge in [-0.1, -0.05) is 34.6 Å². The van der Waals surface area contributed by atoms with Crippen LogP contribution in [0.4, 0.5) is 0 Å². The van der Waals surface area contributed by atoms with Gasteiger partial charge in [0, 0.05) is 11.8 Å². The second-order valence-electron chi connectivity index (χ2n) is 8.39. The molecule has 1 aromatic rings. The molecule has 5 aliphatic rings. The topological polar surface area (TPSA) is 76.4 Å². The van der Waals surface area contributed by atoms with Crippen molar-refractivity contribution in [1.29, 1.82) is 5.26 Å². The lowest BCUT2D eigenvalue weighted by atomic mass is 9.64. The molecule has 2 bridgehead atoms. The largest absolute Gasteiger partial charge is 0.454 e. The van der Waals surface area contributed by atoms with E-state index in [2.05, 4.69) is 6.07 Å². The Morgan fingerprint density at radius 1 is 1.11 bits per heavy atom. The van der Waals surface area contributed by atoms with Crippen molar-refractivity contribution in [1.82, 2.24) is 0 Å². The number of ketones is 2. The molecule has 0 amide bonds. The van der Waals surface area contributed by atoms with Crippen molar-refractivity contribution in [3.8, 4) is 17.6 Å². The van der Waals surface area contributed by atoms with Gasteiger partial charge in [-0.05, 0) is 38.0 Å². The number of Topliss-reactive ketones (excluding diaryl/α,β-unsaturated/α-hetero) is 2. The number of nitrogens with zero attached hydrogens (tertiary/aromatic N) is 1. The molecule has 0 N–H and O–H groups in total. The van der Waals surface area contributed by atoms with Gasteiger partial charge in [0.25, 0.3) is 0 Å². The highest BCUT2D eigenvalue weighted by Gasteiger charge is 2.75. The summed E-state index contributed by atoms with van der Waals surface area (Å²) in [5.74, 6) is 0.392. The first-order valence-electron chi connectivity index (χ1n) is 9.03. The fraction of sp³-hybridized carbons (Fsp3) is 0.550. The van der Waals surface area contributed by atoms with Crippen molar-refractivity contribution in [2.24, 2.45) is 17.3 Å². The molecule has 3 aliphatic heterocycles. The van der Waals surface area contributed by atoms with E-state index in [9.17, 15) is 14.9 Å². The fourth-order valence-corrected chi connectivity index (χ4v) is 9.44. The maximum absolute atomic E-state index is 13.6. The SMILES string of the molecule is CC1C(=O)[C@]23C[C@@](C)(C#N)[C@@H](c4ccc5c(c4)OCO5)C2C(=O)[C@]1(C)SS3. The molecule has 6 atom stereocenters. The first-order valence-corrected chi connectivity index (χ1v) is 11.2. The molecule has 1 aromatic carbocycles. The average molecular weight is 402 g/mol. The van der Waals surface area contributed by atoms with Gasteiger partial charge in [-0.2, -0.15) is 5.26 Å². The molecule has 140 valence electrons. The number of benzene rings is 1. The third-order valence-electron chi connectivity index (χ3n) is 6.93. The third-order valence-corrected chi connectivity index (χ3v) is 11.0. The first-order chi connectivity index (χ1) is 12.8. The van der Waals surface area contributed by atoms with Gasteiger partial charge in [0.2, 0.25) is 6.79 Å². The Bertz CT molecular complexity index is 942. The van der Waals surface area contributed by atoms with Crippen LogP contribution in [0.5, 0.6) is 11.5 Å². The molecular weight excluding hydrogens is 382 g/mol. The van der Waals surface area contributed by atoms with Crippen LogP contribution < -0.4 is 9.47 Å². The molecule has 2 saturated heterocycles. The van der Waals surface area contributed by atoms with Crippen LogP contribution in [0.2, 0.25) is 0 Å². The van der Waals surface area contributed by atoms with Gasteiger partial charge in [-0.3, -0.25) is 9.59 Å². The average Bonchev–Trinajstić information content (AvgIpc) is 3.23. The minimum atomic E-state index is -0.815. The lowest BCUT2D eigenvalue weighted by Gasteiger charge is -2.54. The van der Waals surface area contributed by atoms with Crippen LogP contribution in [0.1, 0.15) is 38.7 Å². The van der Waals surface area contributed by atoms with Gasteiger partial charge in [0.05, 0.1) is 26.9 Å². The van der Waals surface area contributed by atoms with E-state index in [1.807, 2.05) is 39.0 Å². The zero-order valence-corrected chi connectivity index (χ0v) is 16.9. The number of hydrogen-bond acceptors (Lipinski definition) is 7. The number of rotatable bonds is 1. The van der Waals surface area contributed by atoms with Crippen molar-refractivity contribution in [3.63, 3.8) is 0 Å². The Balaban J connectivity index is 1.71. The summed E-state index contributed by atoms with van der Waals surface area (Å²) in [5.41, 5.74) is 0.0766. The number of carbonyl (C=O) groups is 2. The van der Waals surface area contributed by atoms with Crippen molar-refractivity contribution >= 4 is 33.2 Å². The minimum absolute atomic E-state index is 0.111. The Hall–Kier alpha value is -1.65. The Morgan fingerprint density at radius 2 is 1.85 bits per heavy atom. The minimum Gasteiger partial charge on any atom is -0.454 e. The molecule has 5 nitrogen and oxygen atoms in total. The Labute approximate surface area is 165 Å². The van der Waals surface area contributed by atoms with Gasteiger partial charge < -0.3 is 9.47 Å². The fourth-order valence-electron chi connectivity index (χ4n) is 5.32. The maximum atomic E-state index is 13.6. The highest BCUT2D eigenvalue weighted by molar-refractivity contribution is 8.78. The highest BCUT2D eigenvalue weighted by Crippen LogP contribution is 2.74. The number of hydrogen-bond donors (Lipinski definition) is 0. The molecule has 3 heterocycles. The monoisotopic (exact) mass is 401 g/mol. The van der Waals surface area contributed by atoms with Crippen LogP contribution in [0.25, 0.3) is 0 Å². The smallest absolute Gasteiger partial charge is 0.231 e. The molecule has 2 unspecified atom stereocenters. The zero-order chi connectivity index (χ0) is 19.2.